The molecule has 1 N–H and O–H groups in total. The average molecular weight is 608 g/mol. The summed E-state index contributed by atoms with van der Waals surface area (Å²) in [6, 6.07) is 15.8. The number of thiophene rings is 1. The zero-order valence-corrected chi connectivity index (χ0v) is 25.5. The molecule has 1 fully saturated rings. The Bertz CT molecular complexity index is 1430. The third-order valence-electron chi connectivity index (χ3n) is 7.52. The molecule has 5 rings (SSSR count). The van der Waals surface area contributed by atoms with E-state index in [9.17, 15) is 9.59 Å². The first kappa shape index (κ1) is 30.3. The fraction of sp³-hybridized carbons (Fsp3) is 0.387. The van der Waals surface area contributed by atoms with Crippen LogP contribution in [0.5, 0.6) is 17.2 Å². The predicted molar refractivity (Wildman–Crippen MR) is 165 cm³/mol. The molecule has 2 aromatic carbocycles. The topological polar surface area (TPSA) is 105 Å². The highest BCUT2D eigenvalue weighted by Crippen LogP contribution is 2.40. The third-order valence-corrected chi connectivity index (χ3v) is 8.44. The highest BCUT2D eigenvalue weighted by molar-refractivity contribution is 7.12. The number of nitrogens with one attached hydrogen (secondary N) is 1. The molecule has 43 heavy (non-hydrogen) atoms. The molecule has 2 aliphatic rings. The van der Waals surface area contributed by atoms with Gasteiger partial charge in [-0.15, -0.1) is 11.3 Å². The Morgan fingerprint density at radius 1 is 1.02 bits per heavy atom. The Labute approximate surface area is 255 Å². The minimum Gasteiger partial charge on any atom is -0.497 e. The summed E-state index contributed by atoms with van der Waals surface area (Å²) >= 11 is 1.57. The Hall–Kier alpha value is -4.13. The highest BCUT2D eigenvalue weighted by Gasteiger charge is 2.36. The minimum absolute atomic E-state index is 0.171. The monoisotopic (exact) mass is 607 g/mol. The Kier molecular flexibility index (Phi) is 10.1. The van der Waals surface area contributed by atoms with E-state index in [1.165, 1.54) is 9.91 Å². The number of rotatable bonds is 11. The lowest BCUT2D eigenvalue weighted by molar-refractivity contribution is -0.133. The summed E-state index contributed by atoms with van der Waals surface area (Å²) in [5.74, 6) is 1.50. The first-order chi connectivity index (χ1) is 21.0. The molecule has 0 bridgehead atoms. The van der Waals surface area contributed by atoms with Crippen LogP contribution in [0.4, 0.5) is 10.5 Å². The summed E-state index contributed by atoms with van der Waals surface area (Å²) in [6.45, 7) is 3.61. The first-order valence-electron chi connectivity index (χ1n) is 14.1. The molecule has 0 unspecified atom stereocenters. The van der Waals surface area contributed by atoms with Crippen molar-refractivity contribution in [3.63, 3.8) is 0 Å². The van der Waals surface area contributed by atoms with E-state index in [0.717, 1.165) is 29.2 Å². The minimum atomic E-state index is -0.437. The number of hydrogen-bond acceptors (Lipinski definition) is 9. The van der Waals surface area contributed by atoms with E-state index in [-0.39, 0.29) is 12.5 Å². The van der Waals surface area contributed by atoms with Crippen LogP contribution in [0.1, 0.15) is 22.9 Å². The van der Waals surface area contributed by atoms with E-state index < -0.39 is 12.1 Å². The normalized spacial score (nSPS) is 16.9. The van der Waals surface area contributed by atoms with Crippen molar-refractivity contribution in [2.75, 3.05) is 72.6 Å². The first-order valence-corrected chi connectivity index (χ1v) is 15.0. The zero-order valence-electron chi connectivity index (χ0n) is 24.7. The number of nitrogens with zero attached hydrogens (tertiary/aromatic N) is 4. The van der Waals surface area contributed by atoms with Crippen LogP contribution in [0, 0.1) is 0 Å². The van der Waals surface area contributed by atoms with Gasteiger partial charge in [0.05, 0.1) is 56.9 Å². The van der Waals surface area contributed by atoms with Gasteiger partial charge in [0, 0.05) is 38.2 Å². The van der Waals surface area contributed by atoms with Crippen LogP contribution in [0.3, 0.4) is 0 Å². The largest absolute Gasteiger partial charge is 0.497 e. The van der Waals surface area contributed by atoms with Gasteiger partial charge in [0.25, 0.3) is 5.91 Å². The maximum Gasteiger partial charge on any atom is 0.322 e. The molecule has 3 aromatic rings. The van der Waals surface area contributed by atoms with Gasteiger partial charge in [0.1, 0.15) is 23.8 Å². The van der Waals surface area contributed by atoms with Crippen molar-refractivity contribution in [3.8, 4) is 17.2 Å². The molecule has 3 heterocycles. The molecule has 3 amide bonds. The maximum atomic E-state index is 14.1. The summed E-state index contributed by atoms with van der Waals surface area (Å²) < 4.78 is 22.1. The fourth-order valence-electron chi connectivity index (χ4n) is 5.19. The summed E-state index contributed by atoms with van der Waals surface area (Å²) in [5.41, 5.74) is 2.11. The van der Waals surface area contributed by atoms with Gasteiger partial charge in [0.15, 0.2) is 0 Å². The molecule has 1 saturated heterocycles. The number of urea groups is 1. The van der Waals surface area contributed by atoms with E-state index in [4.69, 9.17) is 24.0 Å². The predicted octanol–water partition coefficient (Wildman–Crippen LogP) is 4.32. The number of para-hydroxylation sites is 2. The van der Waals surface area contributed by atoms with Gasteiger partial charge >= 0.3 is 6.03 Å². The quantitative estimate of drug-likeness (QED) is 0.346. The van der Waals surface area contributed by atoms with Gasteiger partial charge in [-0.2, -0.15) is 5.10 Å². The third kappa shape index (κ3) is 7.27. The van der Waals surface area contributed by atoms with Gasteiger partial charge in [-0.05, 0) is 41.8 Å². The Morgan fingerprint density at radius 2 is 1.81 bits per heavy atom. The maximum absolute atomic E-state index is 14.1. The number of anilines is 1. The molecular weight excluding hydrogens is 570 g/mol. The summed E-state index contributed by atoms with van der Waals surface area (Å²) in [6.07, 6.45) is 0.497. The summed E-state index contributed by atoms with van der Waals surface area (Å²) in [7, 11) is 4.75. The van der Waals surface area contributed by atoms with Crippen molar-refractivity contribution >= 4 is 34.7 Å². The van der Waals surface area contributed by atoms with Crippen LogP contribution in [0.25, 0.3) is 0 Å². The Balaban J connectivity index is 1.42. The van der Waals surface area contributed by atoms with Crippen LogP contribution in [-0.4, -0.2) is 99.7 Å². The molecule has 0 spiro atoms. The van der Waals surface area contributed by atoms with Crippen LogP contribution in [0.15, 0.2) is 65.1 Å². The molecule has 1 aromatic heterocycles. The van der Waals surface area contributed by atoms with Crippen molar-refractivity contribution in [1.82, 2.24) is 14.8 Å². The number of benzene rings is 2. The van der Waals surface area contributed by atoms with Gasteiger partial charge in [-0.1, -0.05) is 18.2 Å². The second-order valence-electron chi connectivity index (χ2n) is 10.1. The molecule has 1 atom stereocenters. The Morgan fingerprint density at radius 3 is 2.53 bits per heavy atom. The molecule has 12 heteroatoms. The van der Waals surface area contributed by atoms with E-state index in [0.29, 0.717) is 55.7 Å². The number of hydrogen-bond donors (Lipinski definition) is 1. The van der Waals surface area contributed by atoms with Crippen LogP contribution < -0.4 is 19.5 Å². The van der Waals surface area contributed by atoms with Gasteiger partial charge < -0.3 is 29.2 Å². The molecule has 228 valence electrons. The summed E-state index contributed by atoms with van der Waals surface area (Å²) in [5, 5.41) is 11.2. The average Bonchev–Trinajstić information content (AvgIpc) is 3.74. The lowest BCUT2D eigenvalue weighted by Crippen LogP contribution is -2.47. The number of carbonyl (C=O) groups is 2. The molecular formula is C31H37N5O6S. The number of hydrazone groups is 1. The molecule has 11 nitrogen and oxygen atoms in total. The number of methoxy groups -OCH3 is 3. The fourth-order valence-corrected chi connectivity index (χ4v) is 5.91. The van der Waals surface area contributed by atoms with Crippen molar-refractivity contribution in [1.29, 1.82) is 0 Å². The van der Waals surface area contributed by atoms with Crippen molar-refractivity contribution < 1.29 is 28.5 Å². The van der Waals surface area contributed by atoms with Crippen LogP contribution >= 0.6 is 11.3 Å². The number of ether oxygens (including phenoxy) is 4. The second-order valence-corrected chi connectivity index (χ2v) is 11.0. The van der Waals surface area contributed by atoms with Gasteiger partial charge in [-0.25, -0.2) is 9.80 Å². The number of morpholine rings is 1. The highest BCUT2D eigenvalue weighted by atomic mass is 32.1. The van der Waals surface area contributed by atoms with E-state index >= 15 is 0 Å². The number of carbonyl (C=O) groups excluding carboxylic acids is 2. The van der Waals surface area contributed by atoms with E-state index in [1.54, 1.807) is 44.8 Å². The van der Waals surface area contributed by atoms with Crippen LogP contribution in [-0.2, 0) is 9.53 Å². The molecule has 0 aliphatic carbocycles. The van der Waals surface area contributed by atoms with Gasteiger partial charge in [0.2, 0.25) is 0 Å². The molecule has 0 saturated carbocycles. The standard InChI is InChI=1S/C31H37N5O6S/c1-39-22-10-11-27(40-2)23(19-22)26-20-25(29-9-6-18-43-29)33-36(26)30(37)21-35(13-12-34-14-16-42-17-15-34)31(38)32-24-7-4-5-8-28(24)41-3/h4-11,18-19,26H,12-17,20-21H2,1-3H3,(H,32,38)/t26-/m1/s1. The SMILES string of the molecule is COc1ccc(OC)c([C@H]2CC(c3cccs3)=NN2C(=O)CN(CCN2CCOCC2)C(=O)Nc2ccccc2OC)c1. The molecule has 0 radical (unpaired) electrons. The van der Waals surface area contributed by atoms with Gasteiger partial charge in [-0.3, -0.25) is 9.69 Å². The van der Waals surface area contributed by atoms with E-state index in [1.807, 2.05) is 47.8 Å². The second kappa shape index (κ2) is 14.4. The van der Waals surface area contributed by atoms with Crippen LogP contribution in [0.2, 0.25) is 0 Å². The lowest BCUT2D eigenvalue weighted by atomic mass is 9.99. The van der Waals surface area contributed by atoms with Crippen molar-refractivity contribution in [2.24, 2.45) is 5.10 Å². The zero-order chi connectivity index (χ0) is 30.2. The van der Waals surface area contributed by atoms with Crippen molar-refractivity contribution in [3.05, 3.63) is 70.4 Å². The number of amides is 3. The van der Waals surface area contributed by atoms with Crippen molar-refractivity contribution in [2.45, 2.75) is 12.5 Å². The smallest absolute Gasteiger partial charge is 0.322 e. The molecule has 2 aliphatic heterocycles. The lowest BCUT2D eigenvalue weighted by Gasteiger charge is -2.31. The summed E-state index contributed by atoms with van der Waals surface area (Å²) in [4.78, 5) is 32.5. The van der Waals surface area contributed by atoms with E-state index in [2.05, 4.69) is 10.2 Å².